The van der Waals surface area contributed by atoms with Gasteiger partial charge in [0.05, 0.1) is 0 Å². The minimum absolute atomic E-state index is 0.279. The lowest BCUT2D eigenvalue weighted by Crippen LogP contribution is -2.09. The molecular weight excluding hydrogens is 300 g/mol. The van der Waals surface area contributed by atoms with Crippen molar-refractivity contribution >= 4 is 17.3 Å². The third kappa shape index (κ3) is 2.92. The van der Waals surface area contributed by atoms with Crippen molar-refractivity contribution in [2.24, 2.45) is 0 Å². The molecule has 6 heteroatoms. The molecule has 22 heavy (non-hydrogen) atoms. The molecule has 0 saturated carbocycles. The van der Waals surface area contributed by atoms with E-state index < -0.39 is 6.10 Å². The average molecular weight is 314 g/mol. The van der Waals surface area contributed by atoms with Crippen LogP contribution in [0.3, 0.4) is 0 Å². The van der Waals surface area contributed by atoms with Crippen molar-refractivity contribution in [3.05, 3.63) is 58.1 Å². The third-order valence-electron chi connectivity index (χ3n) is 3.14. The highest BCUT2D eigenvalue weighted by Gasteiger charge is 2.21. The van der Waals surface area contributed by atoms with Gasteiger partial charge < -0.3 is 9.15 Å². The number of hydrogen-bond acceptors (Lipinski definition) is 6. The van der Waals surface area contributed by atoms with E-state index in [1.54, 1.807) is 6.92 Å². The van der Waals surface area contributed by atoms with E-state index in [4.69, 9.17) is 9.15 Å². The molecule has 1 aromatic carbocycles. The molecule has 5 nitrogen and oxygen atoms in total. The summed E-state index contributed by atoms with van der Waals surface area (Å²) >= 11 is 1.36. The average Bonchev–Trinajstić information content (AvgIpc) is 3.17. The van der Waals surface area contributed by atoms with Crippen molar-refractivity contribution in [2.75, 3.05) is 0 Å². The maximum Gasteiger partial charge on any atom is 0.349 e. The van der Waals surface area contributed by atoms with Crippen LogP contribution in [0.5, 0.6) is 0 Å². The fraction of sp³-hybridized carbons (Fsp3) is 0.188. The van der Waals surface area contributed by atoms with Gasteiger partial charge in [-0.05, 0) is 43.0 Å². The lowest BCUT2D eigenvalue weighted by Gasteiger charge is -2.08. The molecule has 112 valence electrons. The smallest absolute Gasteiger partial charge is 0.349 e. The number of carbonyl (C=O) groups excluding carboxylic acids is 1. The molecule has 0 radical (unpaired) electrons. The van der Waals surface area contributed by atoms with Gasteiger partial charge in [-0.15, -0.1) is 21.5 Å². The maximum absolute atomic E-state index is 12.1. The fourth-order valence-electron chi connectivity index (χ4n) is 1.94. The molecule has 0 amide bonds. The predicted octanol–water partition coefficient (Wildman–Crippen LogP) is 4.02. The second kappa shape index (κ2) is 6.11. The summed E-state index contributed by atoms with van der Waals surface area (Å²) in [5.74, 6) is 0.312. The van der Waals surface area contributed by atoms with Crippen LogP contribution >= 0.6 is 11.3 Å². The lowest BCUT2D eigenvalue weighted by atomic mass is 10.2. The third-order valence-corrected chi connectivity index (χ3v) is 4.14. The molecule has 0 bridgehead atoms. The van der Waals surface area contributed by atoms with Crippen molar-refractivity contribution in [1.29, 1.82) is 0 Å². The van der Waals surface area contributed by atoms with Gasteiger partial charge >= 0.3 is 5.97 Å². The molecular formula is C16H14N2O3S. The summed E-state index contributed by atoms with van der Waals surface area (Å²) < 4.78 is 11.0. The first kappa shape index (κ1) is 14.5. The van der Waals surface area contributed by atoms with Gasteiger partial charge in [0, 0.05) is 5.56 Å². The first-order valence-corrected chi connectivity index (χ1v) is 7.67. The summed E-state index contributed by atoms with van der Waals surface area (Å²) in [6.45, 7) is 3.58. The molecule has 0 fully saturated rings. The quantitative estimate of drug-likeness (QED) is 0.680. The SMILES string of the molecule is Cc1ccsc1C(=O)O[C@H](C)c1nnc(-c2ccccc2)o1. The number of hydrogen-bond donors (Lipinski definition) is 0. The molecule has 3 aromatic rings. The zero-order chi connectivity index (χ0) is 15.5. The predicted molar refractivity (Wildman–Crippen MR) is 82.6 cm³/mol. The maximum atomic E-state index is 12.1. The van der Waals surface area contributed by atoms with Crippen LogP contribution in [0.15, 0.2) is 46.2 Å². The normalized spacial score (nSPS) is 12.1. The largest absolute Gasteiger partial charge is 0.448 e. The minimum atomic E-state index is -0.598. The van der Waals surface area contributed by atoms with E-state index in [0.29, 0.717) is 10.8 Å². The van der Waals surface area contributed by atoms with Gasteiger partial charge in [0.15, 0.2) is 6.10 Å². The number of aryl methyl sites for hydroxylation is 1. The zero-order valence-corrected chi connectivity index (χ0v) is 13.0. The first-order chi connectivity index (χ1) is 10.6. The molecule has 1 atom stereocenters. The highest BCUT2D eigenvalue weighted by Crippen LogP contribution is 2.24. The summed E-state index contributed by atoms with van der Waals surface area (Å²) in [4.78, 5) is 12.7. The number of nitrogens with zero attached hydrogens (tertiary/aromatic N) is 2. The number of carbonyl (C=O) groups is 1. The van der Waals surface area contributed by atoms with Crippen molar-refractivity contribution in [2.45, 2.75) is 20.0 Å². The van der Waals surface area contributed by atoms with Gasteiger partial charge in [-0.3, -0.25) is 0 Å². The standard InChI is InChI=1S/C16H14N2O3S/c1-10-8-9-22-13(10)16(19)20-11(2)14-17-18-15(21-14)12-6-4-3-5-7-12/h3-9,11H,1-2H3/t11-/m1/s1. The Labute approximate surface area is 131 Å². The van der Waals surface area contributed by atoms with E-state index in [1.165, 1.54) is 11.3 Å². The van der Waals surface area contributed by atoms with Gasteiger partial charge in [0.25, 0.3) is 5.89 Å². The monoisotopic (exact) mass is 314 g/mol. The summed E-state index contributed by atoms with van der Waals surface area (Å²) in [6, 6.07) is 11.3. The van der Waals surface area contributed by atoms with E-state index in [-0.39, 0.29) is 11.9 Å². The molecule has 0 N–H and O–H groups in total. The second-order valence-corrected chi connectivity index (χ2v) is 5.71. The van der Waals surface area contributed by atoms with Crippen molar-refractivity contribution < 1.29 is 13.9 Å². The molecule has 0 aliphatic carbocycles. The number of thiophene rings is 1. The van der Waals surface area contributed by atoms with Gasteiger partial charge in [-0.1, -0.05) is 18.2 Å². The topological polar surface area (TPSA) is 65.2 Å². The van der Waals surface area contributed by atoms with Crippen molar-refractivity contribution in [3.63, 3.8) is 0 Å². The number of esters is 1. The molecule has 0 aliphatic heterocycles. The van der Waals surface area contributed by atoms with E-state index in [9.17, 15) is 4.79 Å². The number of benzene rings is 1. The first-order valence-electron chi connectivity index (χ1n) is 6.79. The molecule has 0 aliphatic rings. The molecule has 3 rings (SSSR count). The highest BCUT2D eigenvalue weighted by molar-refractivity contribution is 7.12. The molecule has 0 saturated heterocycles. The summed E-state index contributed by atoms with van der Waals surface area (Å²) in [5.41, 5.74) is 1.73. The van der Waals surface area contributed by atoms with Gasteiger partial charge in [0.2, 0.25) is 5.89 Å². The Morgan fingerprint density at radius 3 is 2.68 bits per heavy atom. The summed E-state index contributed by atoms with van der Waals surface area (Å²) in [5, 5.41) is 9.81. The van der Waals surface area contributed by atoms with E-state index in [2.05, 4.69) is 10.2 Å². The molecule has 0 unspecified atom stereocenters. The van der Waals surface area contributed by atoms with Crippen LogP contribution in [0, 0.1) is 6.92 Å². The fourth-order valence-corrected chi connectivity index (χ4v) is 2.75. The Hall–Kier alpha value is -2.47. The van der Waals surface area contributed by atoms with Crippen LogP contribution in [0.1, 0.15) is 34.2 Å². The Bertz CT molecular complexity index is 780. The molecule has 2 aromatic heterocycles. The van der Waals surface area contributed by atoms with Crippen molar-refractivity contribution in [1.82, 2.24) is 10.2 Å². The minimum Gasteiger partial charge on any atom is -0.448 e. The van der Waals surface area contributed by atoms with E-state index >= 15 is 0 Å². The lowest BCUT2D eigenvalue weighted by molar-refractivity contribution is 0.0285. The van der Waals surface area contributed by atoms with Crippen LogP contribution < -0.4 is 0 Å². The number of rotatable bonds is 4. The van der Waals surface area contributed by atoms with E-state index in [0.717, 1.165) is 11.1 Å². The van der Waals surface area contributed by atoms with Crippen LogP contribution in [-0.4, -0.2) is 16.2 Å². The second-order valence-electron chi connectivity index (χ2n) is 4.79. The number of aromatic nitrogens is 2. The van der Waals surface area contributed by atoms with Crippen LogP contribution in [0.25, 0.3) is 11.5 Å². The van der Waals surface area contributed by atoms with Gasteiger partial charge in [0.1, 0.15) is 4.88 Å². The Balaban J connectivity index is 1.73. The van der Waals surface area contributed by atoms with Crippen molar-refractivity contribution in [3.8, 4) is 11.5 Å². The zero-order valence-electron chi connectivity index (χ0n) is 12.1. The van der Waals surface area contributed by atoms with Crippen LogP contribution in [0.4, 0.5) is 0 Å². The summed E-state index contributed by atoms with van der Waals surface area (Å²) in [6.07, 6.45) is -0.598. The molecule has 2 heterocycles. The molecule has 0 spiro atoms. The highest BCUT2D eigenvalue weighted by atomic mass is 32.1. The van der Waals surface area contributed by atoms with Gasteiger partial charge in [-0.2, -0.15) is 0 Å². The Morgan fingerprint density at radius 2 is 2.00 bits per heavy atom. The van der Waals surface area contributed by atoms with Crippen LogP contribution in [0.2, 0.25) is 0 Å². The van der Waals surface area contributed by atoms with Crippen LogP contribution in [-0.2, 0) is 4.74 Å². The number of ether oxygens (including phenoxy) is 1. The van der Waals surface area contributed by atoms with E-state index in [1.807, 2.05) is 48.7 Å². The van der Waals surface area contributed by atoms with Gasteiger partial charge in [-0.25, -0.2) is 4.79 Å². The summed E-state index contributed by atoms with van der Waals surface area (Å²) in [7, 11) is 0. The Morgan fingerprint density at radius 1 is 1.23 bits per heavy atom. The Kier molecular flexibility index (Phi) is 4.02.